The Balaban J connectivity index is 1.20. The van der Waals surface area contributed by atoms with Gasteiger partial charge < -0.3 is 30.3 Å². The van der Waals surface area contributed by atoms with Gasteiger partial charge in [-0.15, -0.1) is 0 Å². The zero-order chi connectivity index (χ0) is 25.1. The van der Waals surface area contributed by atoms with Crippen molar-refractivity contribution in [3.63, 3.8) is 0 Å². The lowest BCUT2D eigenvalue weighted by molar-refractivity contribution is -0.141. The summed E-state index contributed by atoms with van der Waals surface area (Å²) in [4.78, 5) is 29.0. The summed E-state index contributed by atoms with van der Waals surface area (Å²) in [5, 5.41) is 11.5. The number of nitrogens with zero attached hydrogens (tertiary/aromatic N) is 5. The predicted molar refractivity (Wildman–Crippen MR) is 134 cm³/mol. The van der Waals surface area contributed by atoms with Gasteiger partial charge in [-0.1, -0.05) is 18.2 Å². The van der Waals surface area contributed by atoms with Crippen molar-refractivity contribution in [2.75, 3.05) is 30.7 Å². The predicted octanol–water partition coefficient (Wildman–Crippen LogP) is 3.14. The first-order chi connectivity index (χ1) is 17.5. The standard InChI is InChI=1S/C25H28N8O3/c1-2-32-14-15-33(25(12-13-25)21(32)34)23(27)35-16-20-29-22(26)31-24(30-20)28-17-8-10-19(11-9-17)36-18-6-4-3-5-7-18/h3-11,27H,2,12-16H2,1H3,(H3,26,28,29,30,31). The van der Waals surface area contributed by atoms with Crippen molar-refractivity contribution in [2.45, 2.75) is 31.9 Å². The SMILES string of the molecule is CCN1CCN(C(=N)OCc2nc(N)nc(Nc3ccc(Oc4ccccc4)cc3)n2)C2(CC2)C1=O. The maximum absolute atomic E-state index is 12.8. The maximum atomic E-state index is 12.8. The van der Waals surface area contributed by atoms with E-state index >= 15 is 0 Å². The van der Waals surface area contributed by atoms with Gasteiger partial charge in [0, 0.05) is 25.3 Å². The van der Waals surface area contributed by atoms with Crippen LogP contribution >= 0.6 is 0 Å². The van der Waals surface area contributed by atoms with Crippen LogP contribution in [0.1, 0.15) is 25.6 Å². The average molecular weight is 489 g/mol. The van der Waals surface area contributed by atoms with E-state index in [-0.39, 0.29) is 36.3 Å². The van der Waals surface area contributed by atoms with Gasteiger partial charge in [0.1, 0.15) is 17.0 Å². The van der Waals surface area contributed by atoms with Crippen molar-refractivity contribution in [1.29, 1.82) is 5.41 Å². The minimum absolute atomic E-state index is 0.0343. The summed E-state index contributed by atoms with van der Waals surface area (Å²) >= 11 is 0. The van der Waals surface area contributed by atoms with Gasteiger partial charge in [-0.2, -0.15) is 15.0 Å². The van der Waals surface area contributed by atoms with Crippen molar-refractivity contribution in [2.24, 2.45) is 0 Å². The third kappa shape index (κ3) is 4.85. The van der Waals surface area contributed by atoms with Crippen LogP contribution in [-0.4, -0.2) is 61.9 Å². The minimum Gasteiger partial charge on any atom is -0.457 e. The van der Waals surface area contributed by atoms with E-state index in [1.165, 1.54) is 0 Å². The van der Waals surface area contributed by atoms with Gasteiger partial charge in [0.25, 0.3) is 6.02 Å². The highest BCUT2D eigenvalue weighted by Crippen LogP contribution is 2.45. The van der Waals surface area contributed by atoms with Crippen LogP contribution in [0.5, 0.6) is 11.5 Å². The number of carbonyl (C=O) groups is 1. The minimum atomic E-state index is -0.632. The van der Waals surface area contributed by atoms with Crippen molar-refractivity contribution in [3.8, 4) is 11.5 Å². The molecule has 11 nitrogen and oxygen atoms in total. The Morgan fingerprint density at radius 1 is 1.06 bits per heavy atom. The zero-order valence-corrected chi connectivity index (χ0v) is 20.0. The molecular weight excluding hydrogens is 460 g/mol. The zero-order valence-electron chi connectivity index (χ0n) is 20.0. The van der Waals surface area contributed by atoms with E-state index in [0.717, 1.165) is 24.3 Å². The van der Waals surface area contributed by atoms with Gasteiger partial charge in [0.2, 0.25) is 17.8 Å². The first-order valence-electron chi connectivity index (χ1n) is 11.9. The molecule has 1 aliphatic carbocycles. The van der Waals surface area contributed by atoms with Gasteiger partial charge in [0.15, 0.2) is 12.4 Å². The summed E-state index contributed by atoms with van der Waals surface area (Å²) in [6.07, 6.45) is 1.46. The molecule has 1 aromatic heterocycles. The molecule has 11 heteroatoms. The van der Waals surface area contributed by atoms with Crippen molar-refractivity contribution in [3.05, 3.63) is 60.4 Å². The summed E-state index contributed by atoms with van der Waals surface area (Å²) < 4.78 is 11.5. The first kappa shape index (κ1) is 23.3. The average Bonchev–Trinajstić information content (AvgIpc) is 3.67. The van der Waals surface area contributed by atoms with E-state index in [2.05, 4.69) is 20.3 Å². The van der Waals surface area contributed by atoms with Crippen molar-refractivity contribution in [1.82, 2.24) is 24.8 Å². The second-order valence-corrected chi connectivity index (χ2v) is 8.66. The number of hydrogen-bond acceptors (Lipinski definition) is 9. The van der Waals surface area contributed by atoms with E-state index in [0.29, 0.717) is 25.4 Å². The molecule has 0 atom stereocenters. The molecule has 0 bridgehead atoms. The molecule has 36 heavy (non-hydrogen) atoms. The molecule has 2 heterocycles. The Kier molecular flexibility index (Phi) is 6.28. The summed E-state index contributed by atoms with van der Waals surface area (Å²) in [5.41, 5.74) is 5.99. The third-order valence-corrected chi connectivity index (χ3v) is 6.27. The fraction of sp³-hybridized carbons (Fsp3) is 0.320. The van der Waals surface area contributed by atoms with Gasteiger partial charge in [-0.05, 0) is 56.2 Å². The molecule has 1 saturated heterocycles. The number of para-hydroxylation sites is 1. The number of piperazine rings is 1. The topological polar surface area (TPSA) is 143 Å². The largest absolute Gasteiger partial charge is 0.457 e. The van der Waals surface area contributed by atoms with E-state index in [9.17, 15) is 4.79 Å². The number of nitrogens with one attached hydrogen (secondary N) is 2. The molecule has 2 aliphatic rings. The lowest BCUT2D eigenvalue weighted by Crippen LogP contribution is -2.60. The highest BCUT2D eigenvalue weighted by atomic mass is 16.5. The fourth-order valence-corrected chi connectivity index (χ4v) is 4.28. The molecule has 3 aromatic rings. The Morgan fingerprint density at radius 2 is 1.78 bits per heavy atom. The molecular formula is C25H28N8O3. The number of carbonyl (C=O) groups excluding carboxylic acids is 1. The van der Waals surface area contributed by atoms with Gasteiger partial charge in [-0.25, -0.2) is 0 Å². The lowest BCUT2D eigenvalue weighted by Gasteiger charge is -2.41. The van der Waals surface area contributed by atoms with Crippen LogP contribution in [0.2, 0.25) is 0 Å². The van der Waals surface area contributed by atoms with Crippen LogP contribution in [0.3, 0.4) is 0 Å². The van der Waals surface area contributed by atoms with Crippen LogP contribution in [0.15, 0.2) is 54.6 Å². The second kappa shape index (κ2) is 9.68. The molecule has 2 fully saturated rings. The van der Waals surface area contributed by atoms with Crippen molar-refractivity contribution < 1.29 is 14.3 Å². The highest BCUT2D eigenvalue weighted by molar-refractivity contribution is 5.94. The highest BCUT2D eigenvalue weighted by Gasteiger charge is 2.59. The normalized spacial score (nSPS) is 16.1. The Morgan fingerprint density at radius 3 is 2.47 bits per heavy atom. The molecule has 5 rings (SSSR count). The molecule has 0 unspecified atom stereocenters. The monoisotopic (exact) mass is 488 g/mol. The third-order valence-electron chi connectivity index (χ3n) is 6.27. The van der Waals surface area contributed by atoms with Crippen LogP contribution in [0.25, 0.3) is 0 Å². The summed E-state index contributed by atoms with van der Waals surface area (Å²) in [6.45, 7) is 3.71. The molecule has 1 aliphatic heterocycles. The summed E-state index contributed by atoms with van der Waals surface area (Å²) in [5.74, 6) is 2.09. The maximum Gasteiger partial charge on any atom is 0.285 e. The van der Waals surface area contributed by atoms with Crippen LogP contribution in [0.4, 0.5) is 17.6 Å². The van der Waals surface area contributed by atoms with Gasteiger partial charge in [-0.3, -0.25) is 10.2 Å². The molecule has 1 amide bonds. The van der Waals surface area contributed by atoms with Crippen molar-refractivity contribution >= 4 is 29.5 Å². The number of amidine groups is 1. The first-order valence-corrected chi connectivity index (χ1v) is 11.9. The smallest absolute Gasteiger partial charge is 0.285 e. The summed E-state index contributed by atoms with van der Waals surface area (Å²) in [7, 11) is 0. The van der Waals surface area contributed by atoms with E-state index in [4.69, 9.17) is 20.6 Å². The number of hydrogen-bond donors (Lipinski definition) is 3. The van der Waals surface area contributed by atoms with Gasteiger partial charge in [0.05, 0.1) is 0 Å². The molecule has 186 valence electrons. The number of anilines is 3. The molecule has 1 saturated carbocycles. The number of benzene rings is 2. The lowest BCUT2D eigenvalue weighted by atomic mass is 10.1. The van der Waals surface area contributed by atoms with E-state index in [1.54, 1.807) is 4.90 Å². The fourth-order valence-electron chi connectivity index (χ4n) is 4.28. The number of nitrogens with two attached hydrogens (primary N) is 1. The number of rotatable bonds is 7. The number of ether oxygens (including phenoxy) is 2. The molecule has 1 spiro atoms. The van der Waals surface area contributed by atoms with Gasteiger partial charge >= 0.3 is 0 Å². The summed E-state index contributed by atoms with van der Waals surface area (Å²) in [6, 6.07) is 16.8. The Hall–Kier alpha value is -4.41. The Labute approximate surface area is 208 Å². The van der Waals surface area contributed by atoms with E-state index in [1.807, 2.05) is 66.4 Å². The second-order valence-electron chi connectivity index (χ2n) is 8.66. The Bertz CT molecular complexity index is 1250. The molecule has 0 radical (unpaired) electrons. The molecule has 4 N–H and O–H groups in total. The van der Waals surface area contributed by atoms with Crippen LogP contribution in [-0.2, 0) is 16.1 Å². The number of amides is 1. The van der Waals surface area contributed by atoms with Crippen LogP contribution < -0.4 is 15.8 Å². The van der Waals surface area contributed by atoms with Crippen LogP contribution in [0, 0.1) is 5.41 Å². The quantitative estimate of drug-likeness (QED) is 0.338. The molecule has 2 aromatic carbocycles. The number of likely N-dealkylation sites (N-methyl/N-ethyl adjacent to an activating group) is 1. The van der Waals surface area contributed by atoms with E-state index < -0.39 is 5.54 Å². The number of aromatic nitrogens is 3. The number of nitrogen functional groups attached to an aromatic ring is 1.